The molecule has 7 heteroatoms. The molecule has 0 aromatic heterocycles. The molecule has 0 bridgehead atoms. The van der Waals surface area contributed by atoms with Gasteiger partial charge in [-0.2, -0.15) is 8.78 Å². The number of hydrogen-bond acceptors (Lipinski definition) is 4. The van der Waals surface area contributed by atoms with Crippen LogP contribution in [-0.2, 0) is 0 Å². The lowest BCUT2D eigenvalue weighted by molar-refractivity contribution is -0.0502. The molecule has 1 amide bonds. The number of para-hydroxylation sites is 1. The normalized spacial score (nSPS) is 22.6. The van der Waals surface area contributed by atoms with Crippen molar-refractivity contribution in [3.63, 3.8) is 0 Å². The highest BCUT2D eigenvalue weighted by molar-refractivity contribution is 5.97. The van der Waals surface area contributed by atoms with E-state index >= 15 is 0 Å². The highest BCUT2D eigenvalue weighted by atomic mass is 19.3. The van der Waals surface area contributed by atoms with Crippen LogP contribution in [-0.4, -0.2) is 67.6 Å². The summed E-state index contributed by atoms with van der Waals surface area (Å²) in [6.07, 6.45) is 0.920. The third-order valence-corrected chi connectivity index (χ3v) is 4.45. The Bertz CT molecular complexity index is 550. The van der Waals surface area contributed by atoms with Crippen molar-refractivity contribution in [2.45, 2.75) is 19.1 Å². The second-order valence-electron chi connectivity index (χ2n) is 5.85. The number of halogens is 2. The molecule has 2 heterocycles. The van der Waals surface area contributed by atoms with E-state index in [4.69, 9.17) is 0 Å². The Kier molecular flexibility index (Phi) is 5.07. The summed E-state index contributed by atoms with van der Waals surface area (Å²) < 4.78 is 29.4. The first kappa shape index (κ1) is 16.1. The molecule has 126 valence electrons. The van der Waals surface area contributed by atoms with Crippen molar-refractivity contribution < 1.29 is 18.3 Å². The number of likely N-dealkylation sites (tertiary alicyclic amines) is 1. The van der Waals surface area contributed by atoms with Crippen LogP contribution < -0.4 is 10.1 Å². The summed E-state index contributed by atoms with van der Waals surface area (Å²) in [5.41, 5.74) is 0.203. The SMILES string of the molecule is O=C(c1ccccc1OC(F)F)N1CCC(N2CCNCC2)C1. The topological polar surface area (TPSA) is 44.8 Å². The molecule has 2 aliphatic heterocycles. The summed E-state index contributed by atoms with van der Waals surface area (Å²) in [4.78, 5) is 16.8. The first-order valence-electron chi connectivity index (χ1n) is 7.93. The molecule has 0 saturated carbocycles. The number of carbonyl (C=O) groups is 1. The van der Waals surface area contributed by atoms with Gasteiger partial charge in [0, 0.05) is 45.3 Å². The van der Waals surface area contributed by atoms with Crippen LogP contribution in [0.1, 0.15) is 16.8 Å². The molecule has 2 fully saturated rings. The summed E-state index contributed by atoms with van der Waals surface area (Å²) in [5.74, 6) is -0.294. The fourth-order valence-electron chi connectivity index (χ4n) is 3.28. The fraction of sp³-hybridized carbons (Fsp3) is 0.562. The lowest BCUT2D eigenvalue weighted by Crippen LogP contribution is -2.49. The lowest BCUT2D eigenvalue weighted by atomic mass is 10.1. The maximum Gasteiger partial charge on any atom is 0.387 e. The zero-order chi connectivity index (χ0) is 16.2. The van der Waals surface area contributed by atoms with Crippen LogP contribution in [0.3, 0.4) is 0 Å². The molecule has 0 spiro atoms. The van der Waals surface area contributed by atoms with Gasteiger partial charge in [0.2, 0.25) is 0 Å². The molecule has 1 N–H and O–H groups in total. The van der Waals surface area contributed by atoms with Crippen molar-refractivity contribution in [1.29, 1.82) is 0 Å². The van der Waals surface area contributed by atoms with E-state index in [0.717, 1.165) is 32.6 Å². The van der Waals surface area contributed by atoms with Gasteiger partial charge in [-0.25, -0.2) is 0 Å². The molecule has 2 aliphatic rings. The molecule has 1 aromatic carbocycles. The quantitative estimate of drug-likeness (QED) is 0.909. The van der Waals surface area contributed by atoms with Crippen molar-refractivity contribution in [1.82, 2.24) is 15.1 Å². The average Bonchev–Trinajstić information content (AvgIpc) is 3.05. The summed E-state index contributed by atoms with van der Waals surface area (Å²) >= 11 is 0. The molecule has 23 heavy (non-hydrogen) atoms. The van der Waals surface area contributed by atoms with Crippen LogP contribution in [0.25, 0.3) is 0 Å². The van der Waals surface area contributed by atoms with Gasteiger partial charge in [0.25, 0.3) is 5.91 Å². The third kappa shape index (κ3) is 3.79. The molecule has 1 atom stereocenters. The molecule has 1 aromatic rings. The van der Waals surface area contributed by atoms with Gasteiger partial charge in [0.1, 0.15) is 5.75 Å². The van der Waals surface area contributed by atoms with Crippen molar-refractivity contribution in [3.8, 4) is 5.75 Å². The minimum absolute atomic E-state index is 0.0573. The van der Waals surface area contributed by atoms with Gasteiger partial charge < -0.3 is 15.0 Å². The molecule has 0 radical (unpaired) electrons. The highest BCUT2D eigenvalue weighted by Crippen LogP contribution is 2.25. The highest BCUT2D eigenvalue weighted by Gasteiger charge is 2.32. The fourth-order valence-corrected chi connectivity index (χ4v) is 3.28. The van der Waals surface area contributed by atoms with Crippen LogP contribution in [0, 0.1) is 0 Å². The minimum Gasteiger partial charge on any atom is -0.434 e. The van der Waals surface area contributed by atoms with Crippen molar-refractivity contribution in [3.05, 3.63) is 29.8 Å². The Balaban J connectivity index is 1.67. The predicted octanol–water partition coefficient (Wildman–Crippen LogP) is 1.41. The summed E-state index contributed by atoms with van der Waals surface area (Å²) in [6, 6.07) is 6.54. The Morgan fingerprint density at radius 2 is 1.96 bits per heavy atom. The lowest BCUT2D eigenvalue weighted by Gasteiger charge is -2.32. The van der Waals surface area contributed by atoms with Gasteiger partial charge in [-0.15, -0.1) is 0 Å². The number of benzene rings is 1. The van der Waals surface area contributed by atoms with E-state index in [1.165, 1.54) is 12.1 Å². The predicted molar refractivity (Wildman–Crippen MR) is 81.8 cm³/mol. The number of rotatable bonds is 4. The summed E-state index contributed by atoms with van der Waals surface area (Å²) in [6.45, 7) is 2.26. The number of piperazine rings is 1. The number of carbonyl (C=O) groups excluding carboxylic acids is 1. The summed E-state index contributed by atoms with van der Waals surface area (Å²) in [5, 5.41) is 3.31. The molecular weight excluding hydrogens is 304 g/mol. The zero-order valence-corrected chi connectivity index (χ0v) is 12.9. The smallest absolute Gasteiger partial charge is 0.387 e. The van der Waals surface area contributed by atoms with Crippen molar-refractivity contribution >= 4 is 5.91 Å². The number of nitrogens with one attached hydrogen (secondary N) is 1. The Labute approximate surface area is 134 Å². The molecule has 0 aliphatic carbocycles. The molecule has 2 saturated heterocycles. The largest absolute Gasteiger partial charge is 0.434 e. The molecule has 1 unspecified atom stereocenters. The van der Waals surface area contributed by atoms with Gasteiger partial charge in [0.05, 0.1) is 5.56 Å². The minimum atomic E-state index is -2.93. The molecular formula is C16H21F2N3O2. The van der Waals surface area contributed by atoms with Crippen LogP contribution in [0.2, 0.25) is 0 Å². The Morgan fingerprint density at radius 1 is 1.22 bits per heavy atom. The van der Waals surface area contributed by atoms with Crippen molar-refractivity contribution in [2.24, 2.45) is 0 Å². The maximum atomic E-state index is 12.6. The van der Waals surface area contributed by atoms with Gasteiger partial charge in [-0.1, -0.05) is 12.1 Å². The molecule has 3 rings (SSSR count). The first-order chi connectivity index (χ1) is 11.1. The average molecular weight is 325 g/mol. The Hall–Kier alpha value is -1.73. The monoisotopic (exact) mass is 325 g/mol. The van der Waals surface area contributed by atoms with Gasteiger partial charge in [0.15, 0.2) is 0 Å². The van der Waals surface area contributed by atoms with E-state index in [2.05, 4.69) is 15.0 Å². The van der Waals surface area contributed by atoms with E-state index < -0.39 is 6.61 Å². The van der Waals surface area contributed by atoms with Crippen LogP contribution in [0.4, 0.5) is 8.78 Å². The van der Waals surface area contributed by atoms with E-state index in [9.17, 15) is 13.6 Å². The summed E-state index contributed by atoms with van der Waals surface area (Å²) in [7, 11) is 0. The van der Waals surface area contributed by atoms with Crippen LogP contribution in [0.15, 0.2) is 24.3 Å². The number of nitrogens with zero attached hydrogens (tertiary/aromatic N) is 2. The van der Waals surface area contributed by atoms with Gasteiger partial charge >= 0.3 is 6.61 Å². The molecule has 5 nitrogen and oxygen atoms in total. The second-order valence-corrected chi connectivity index (χ2v) is 5.85. The standard InChI is InChI=1S/C16H21F2N3O2/c17-16(18)23-14-4-2-1-3-13(14)15(22)21-8-5-12(11-21)20-9-6-19-7-10-20/h1-4,12,16,19H,5-11H2. The maximum absolute atomic E-state index is 12.6. The van der Waals surface area contributed by atoms with E-state index in [1.54, 1.807) is 17.0 Å². The van der Waals surface area contributed by atoms with Gasteiger partial charge in [-0.3, -0.25) is 9.69 Å². The van der Waals surface area contributed by atoms with Crippen molar-refractivity contribution in [2.75, 3.05) is 39.3 Å². The van der Waals surface area contributed by atoms with Crippen LogP contribution in [0.5, 0.6) is 5.75 Å². The number of hydrogen-bond donors (Lipinski definition) is 1. The Morgan fingerprint density at radius 3 is 2.70 bits per heavy atom. The van der Waals surface area contributed by atoms with E-state index in [0.29, 0.717) is 19.1 Å². The third-order valence-electron chi connectivity index (χ3n) is 4.45. The van der Waals surface area contributed by atoms with E-state index in [-0.39, 0.29) is 17.2 Å². The number of amides is 1. The van der Waals surface area contributed by atoms with Gasteiger partial charge in [-0.05, 0) is 18.6 Å². The second kappa shape index (κ2) is 7.23. The number of ether oxygens (including phenoxy) is 1. The van der Waals surface area contributed by atoms with Crippen LogP contribution >= 0.6 is 0 Å². The zero-order valence-electron chi connectivity index (χ0n) is 12.9. The van der Waals surface area contributed by atoms with E-state index in [1.807, 2.05) is 0 Å². The number of alkyl halides is 2. The first-order valence-corrected chi connectivity index (χ1v) is 7.93.